The van der Waals surface area contributed by atoms with Crippen molar-refractivity contribution in [3.8, 4) is 11.3 Å². The van der Waals surface area contributed by atoms with Crippen LogP contribution in [-0.2, 0) is 23.9 Å². The molecule has 3 heterocycles. The molecule has 0 spiro atoms. The second-order valence-electron chi connectivity index (χ2n) is 18.5. The van der Waals surface area contributed by atoms with E-state index in [-0.39, 0.29) is 11.8 Å². The van der Waals surface area contributed by atoms with E-state index in [1.54, 1.807) is 139 Å². The SMILES string of the molecule is CC(C)(C)OC(=O)N[C@@H](C(=O)N1CCC[C@H]1C(=O)Nc1ccc2oc(-c3ccc(NC(=O)[C@@H]4CCCN4C(=O)[C@@H](c4ccccc4)N(C(=O)O)C(C)(C)C)cc3)c(Br)c2c1)c1ccccc1. The number of nitrogens with one attached hydrogen (secondary N) is 3. The highest BCUT2D eigenvalue weighted by Gasteiger charge is 2.45. The van der Waals surface area contributed by atoms with E-state index >= 15 is 0 Å². The summed E-state index contributed by atoms with van der Waals surface area (Å²) >= 11 is 3.69. The smallest absolute Gasteiger partial charge is 0.408 e. The Morgan fingerprint density at radius 1 is 0.727 bits per heavy atom. The van der Waals surface area contributed by atoms with Crippen LogP contribution in [0.15, 0.2) is 112 Å². The normalized spacial score (nSPS) is 17.2. The fraction of sp³-hybridized carbons (Fsp3) is 0.360. The molecule has 16 heteroatoms. The molecule has 2 aliphatic heterocycles. The average molecular weight is 964 g/mol. The van der Waals surface area contributed by atoms with Crippen molar-refractivity contribution in [2.45, 2.75) is 103 Å². The number of carbonyl (C=O) groups is 6. The predicted octanol–water partition coefficient (Wildman–Crippen LogP) is 9.51. The van der Waals surface area contributed by atoms with E-state index in [2.05, 4.69) is 31.9 Å². The number of carboxylic acid groups (broad SMARTS) is 1. The number of hydrogen-bond acceptors (Lipinski definition) is 8. The molecule has 4 atom stereocenters. The Hall–Kier alpha value is -6.68. The molecule has 2 saturated heterocycles. The summed E-state index contributed by atoms with van der Waals surface area (Å²) < 4.78 is 12.3. The van der Waals surface area contributed by atoms with Gasteiger partial charge in [-0.15, -0.1) is 0 Å². The summed E-state index contributed by atoms with van der Waals surface area (Å²) in [6, 6.07) is 26.1. The summed E-state index contributed by atoms with van der Waals surface area (Å²) in [5.41, 5.74) is 1.65. The summed E-state index contributed by atoms with van der Waals surface area (Å²) in [5.74, 6) is -1.10. The second-order valence-corrected chi connectivity index (χ2v) is 19.3. The number of amides is 6. The zero-order chi connectivity index (χ0) is 47.5. The number of rotatable bonds is 11. The number of carbonyl (C=O) groups excluding carboxylic acids is 5. The van der Waals surface area contributed by atoms with Crippen LogP contribution in [0.3, 0.4) is 0 Å². The minimum absolute atomic E-state index is 0.311. The van der Waals surface area contributed by atoms with Crippen LogP contribution in [0.1, 0.15) is 90.4 Å². The zero-order valence-electron chi connectivity index (χ0n) is 37.8. The Bertz CT molecular complexity index is 2610. The molecule has 15 nitrogen and oxygen atoms in total. The van der Waals surface area contributed by atoms with Crippen LogP contribution in [0.4, 0.5) is 21.0 Å². The van der Waals surface area contributed by atoms with Gasteiger partial charge in [-0.05, 0) is 137 Å². The monoisotopic (exact) mass is 962 g/mol. The van der Waals surface area contributed by atoms with Crippen molar-refractivity contribution in [3.63, 3.8) is 0 Å². The van der Waals surface area contributed by atoms with E-state index in [0.29, 0.717) is 88.0 Å². The Balaban J connectivity index is 1.03. The largest absolute Gasteiger partial charge is 0.465 e. The van der Waals surface area contributed by atoms with Crippen molar-refractivity contribution in [1.82, 2.24) is 20.0 Å². The average Bonchev–Trinajstić information content (AvgIpc) is 4.04. The van der Waals surface area contributed by atoms with Crippen LogP contribution in [0.25, 0.3) is 22.3 Å². The molecular weight excluding hydrogens is 908 g/mol. The lowest BCUT2D eigenvalue weighted by Gasteiger charge is -2.41. The third kappa shape index (κ3) is 10.5. The summed E-state index contributed by atoms with van der Waals surface area (Å²) in [6.07, 6.45) is 0.0796. The van der Waals surface area contributed by atoms with Gasteiger partial charge < -0.3 is 40.0 Å². The van der Waals surface area contributed by atoms with Gasteiger partial charge in [0.25, 0.3) is 11.8 Å². The lowest BCUT2D eigenvalue weighted by atomic mass is 9.97. The number of hydrogen-bond donors (Lipinski definition) is 4. The molecule has 0 radical (unpaired) electrons. The van der Waals surface area contributed by atoms with E-state index in [9.17, 15) is 33.9 Å². The standard InChI is InChI=1S/C50H55BrN6O9/c1-49(2,3)57(48(63)64)41(31-17-11-8-12-18-31)46(61)56-28-14-20-37(56)43(58)52-33-23-21-32(22-24-33)42-39(51)35-29-34(25-26-38(35)65-42)53-44(59)36-19-13-27-55(36)45(60)40(30-15-9-7-10-16-30)54-47(62)66-50(4,5)6/h7-12,15-18,21-26,29,36-37,40-41H,13-14,19-20,27-28H2,1-6H3,(H,52,58)(H,53,59)(H,54,62)(H,63,64)/t36-,37-,40+,41+/m0/s1. The van der Waals surface area contributed by atoms with Crippen LogP contribution in [0.2, 0.25) is 0 Å². The van der Waals surface area contributed by atoms with E-state index in [1.807, 2.05) is 6.07 Å². The van der Waals surface area contributed by atoms with E-state index in [1.165, 1.54) is 9.80 Å². The van der Waals surface area contributed by atoms with E-state index < -0.39 is 59.3 Å². The number of halogens is 1. The number of fused-ring (bicyclic) bond motifs is 1. The first-order chi connectivity index (χ1) is 31.3. The maximum atomic E-state index is 14.3. The number of alkyl carbamates (subject to hydrolysis) is 1. The third-order valence-electron chi connectivity index (χ3n) is 11.6. The predicted molar refractivity (Wildman–Crippen MR) is 253 cm³/mol. The first kappa shape index (κ1) is 47.3. The molecule has 2 fully saturated rings. The molecule has 0 unspecified atom stereocenters. The molecule has 0 saturated carbocycles. The highest BCUT2D eigenvalue weighted by Crippen LogP contribution is 2.40. The first-order valence-electron chi connectivity index (χ1n) is 22.0. The highest BCUT2D eigenvalue weighted by atomic mass is 79.9. The van der Waals surface area contributed by atoms with Gasteiger partial charge in [-0.3, -0.25) is 24.1 Å². The summed E-state index contributed by atoms with van der Waals surface area (Å²) in [7, 11) is 0. The van der Waals surface area contributed by atoms with Gasteiger partial charge in [-0.25, -0.2) is 9.59 Å². The number of nitrogens with zero attached hydrogens (tertiary/aromatic N) is 3. The summed E-state index contributed by atoms with van der Waals surface area (Å²) in [5, 5.41) is 19.6. The number of likely N-dealkylation sites (tertiary alicyclic amines) is 2. The van der Waals surface area contributed by atoms with Crippen LogP contribution in [0, 0.1) is 0 Å². The molecule has 2 aliphatic rings. The Morgan fingerprint density at radius 3 is 1.80 bits per heavy atom. The minimum Gasteiger partial charge on any atom is -0.465 e. The Kier molecular flexibility index (Phi) is 13.9. The lowest BCUT2D eigenvalue weighted by Crippen LogP contribution is -2.54. The number of benzene rings is 4. The number of furan rings is 1. The zero-order valence-corrected chi connectivity index (χ0v) is 39.4. The van der Waals surface area contributed by atoms with Gasteiger partial charge in [0.2, 0.25) is 11.8 Å². The van der Waals surface area contributed by atoms with Crippen molar-refractivity contribution in [3.05, 3.63) is 119 Å². The number of anilines is 2. The molecule has 5 aromatic rings. The highest BCUT2D eigenvalue weighted by molar-refractivity contribution is 9.10. The first-order valence-corrected chi connectivity index (χ1v) is 22.8. The fourth-order valence-corrected chi connectivity index (χ4v) is 9.22. The van der Waals surface area contributed by atoms with Gasteiger partial charge in [-0.2, -0.15) is 0 Å². The molecule has 6 amide bonds. The van der Waals surface area contributed by atoms with Crippen molar-refractivity contribution in [2.24, 2.45) is 0 Å². The molecule has 4 N–H and O–H groups in total. The molecule has 0 bridgehead atoms. The number of ether oxygens (including phenoxy) is 1. The van der Waals surface area contributed by atoms with Gasteiger partial charge >= 0.3 is 12.2 Å². The van der Waals surface area contributed by atoms with Crippen molar-refractivity contribution >= 4 is 74.1 Å². The topological polar surface area (TPSA) is 191 Å². The Labute approximate surface area is 391 Å². The molecule has 4 aromatic carbocycles. The molecule has 66 heavy (non-hydrogen) atoms. The summed E-state index contributed by atoms with van der Waals surface area (Å²) in [6.45, 7) is 11.1. The molecule has 7 rings (SSSR count). The lowest BCUT2D eigenvalue weighted by molar-refractivity contribution is -0.142. The van der Waals surface area contributed by atoms with Gasteiger partial charge in [0.1, 0.15) is 41.1 Å². The van der Waals surface area contributed by atoms with Crippen molar-refractivity contribution in [1.29, 1.82) is 0 Å². The maximum absolute atomic E-state index is 14.3. The van der Waals surface area contributed by atoms with Crippen molar-refractivity contribution in [2.75, 3.05) is 23.7 Å². The van der Waals surface area contributed by atoms with Crippen LogP contribution in [0.5, 0.6) is 0 Å². The van der Waals surface area contributed by atoms with Crippen molar-refractivity contribution < 1.29 is 43.0 Å². The van der Waals surface area contributed by atoms with Gasteiger partial charge in [0.05, 0.1) is 4.47 Å². The van der Waals surface area contributed by atoms with Crippen LogP contribution < -0.4 is 16.0 Å². The summed E-state index contributed by atoms with van der Waals surface area (Å²) in [4.78, 5) is 85.6. The maximum Gasteiger partial charge on any atom is 0.408 e. The molecule has 1 aromatic heterocycles. The third-order valence-corrected chi connectivity index (χ3v) is 12.4. The van der Waals surface area contributed by atoms with Gasteiger partial charge in [0, 0.05) is 41.0 Å². The molecular formula is C50H55BrN6O9. The molecule has 346 valence electrons. The molecule has 0 aliphatic carbocycles. The Morgan fingerprint density at radius 2 is 1.26 bits per heavy atom. The van der Waals surface area contributed by atoms with Gasteiger partial charge in [0.15, 0.2) is 0 Å². The van der Waals surface area contributed by atoms with Crippen LogP contribution in [-0.4, -0.2) is 91.9 Å². The van der Waals surface area contributed by atoms with E-state index in [0.717, 1.165) is 4.90 Å². The van der Waals surface area contributed by atoms with E-state index in [4.69, 9.17) is 9.15 Å². The minimum atomic E-state index is -1.24. The van der Waals surface area contributed by atoms with Gasteiger partial charge in [-0.1, -0.05) is 60.7 Å². The fourth-order valence-electron chi connectivity index (χ4n) is 8.60. The second kappa shape index (κ2) is 19.4. The van der Waals surface area contributed by atoms with Crippen LogP contribution >= 0.6 is 15.9 Å². The quantitative estimate of drug-likeness (QED) is 0.0999.